The summed E-state index contributed by atoms with van der Waals surface area (Å²) in [6, 6.07) is 21.8. The van der Waals surface area contributed by atoms with Crippen LogP contribution in [-0.4, -0.2) is 0 Å². The van der Waals surface area contributed by atoms with Crippen LogP contribution >= 0.6 is 0 Å². The summed E-state index contributed by atoms with van der Waals surface area (Å²) in [5.74, 6) is 2.74. The van der Waals surface area contributed by atoms with Crippen molar-refractivity contribution >= 4 is 0 Å². The van der Waals surface area contributed by atoms with Crippen molar-refractivity contribution in [3.8, 4) is 11.1 Å². The zero-order chi connectivity index (χ0) is 58.8. The van der Waals surface area contributed by atoms with Crippen LogP contribution in [0.1, 0.15) is 259 Å². The van der Waals surface area contributed by atoms with Crippen molar-refractivity contribution in [1.82, 2.24) is 0 Å². The van der Waals surface area contributed by atoms with Gasteiger partial charge in [-0.1, -0.05) is 152 Å². The topological polar surface area (TPSA) is 0 Å². The molecule has 6 aliphatic rings. The molecular weight excluding hydrogens is 1040 g/mol. The van der Waals surface area contributed by atoms with E-state index in [1.165, 1.54) is 108 Å². The van der Waals surface area contributed by atoms with Crippen molar-refractivity contribution in [2.24, 2.45) is 47.3 Å². The van der Waals surface area contributed by atoms with E-state index >= 15 is 0 Å². The summed E-state index contributed by atoms with van der Waals surface area (Å²) in [4.78, 5) is 0. The van der Waals surface area contributed by atoms with Gasteiger partial charge in [-0.25, -0.2) is 35.1 Å². The number of benzene rings is 5. The Morgan fingerprint density at radius 3 is 0.817 bits per heavy atom. The van der Waals surface area contributed by atoms with Gasteiger partial charge in [0.15, 0.2) is 46.5 Å². The largest absolute Gasteiger partial charge is 0.203 e. The molecule has 0 nitrogen and oxygen atoms in total. The highest BCUT2D eigenvalue weighted by Crippen LogP contribution is 2.47. The van der Waals surface area contributed by atoms with Crippen LogP contribution in [0.15, 0.2) is 72.8 Å². The predicted molar refractivity (Wildman–Crippen MR) is 335 cm³/mol. The highest BCUT2D eigenvalue weighted by molar-refractivity contribution is 5.65. The minimum absolute atomic E-state index is 0. The second-order valence-corrected chi connectivity index (χ2v) is 27.2. The number of rotatable bonds is 7. The quantitative estimate of drug-likeness (QED) is 0.143. The van der Waals surface area contributed by atoms with Gasteiger partial charge in [-0.15, -0.1) is 0 Å². The lowest BCUT2D eigenvalue weighted by atomic mass is 9.68. The maximum atomic E-state index is 14.2. The van der Waals surface area contributed by atoms with Gasteiger partial charge in [-0.05, 0) is 252 Å². The molecule has 0 unspecified atom stereocenters. The van der Waals surface area contributed by atoms with E-state index in [1.807, 2.05) is 12.1 Å². The van der Waals surface area contributed by atoms with Crippen LogP contribution in [0.5, 0.6) is 0 Å². The molecule has 0 spiro atoms. The van der Waals surface area contributed by atoms with Gasteiger partial charge in [-0.3, -0.25) is 0 Å². The third-order valence-corrected chi connectivity index (χ3v) is 21.2. The third-order valence-electron chi connectivity index (χ3n) is 21.2. The van der Waals surface area contributed by atoms with Crippen LogP contribution in [0.2, 0.25) is 0 Å². The Kier molecular flexibility index (Phi) is 22.9. The molecule has 0 amide bonds. The molecule has 0 aromatic heterocycles. The molecule has 0 heterocycles. The molecule has 11 rings (SSSR count). The molecule has 5 aromatic rings. The van der Waals surface area contributed by atoms with Crippen molar-refractivity contribution in [2.75, 3.05) is 0 Å². The van der Waals surface area contributed by atoms with Crippen molar-refractivity contribution < 1.29 is 43.7 Å². The molecule has 6 fully saturated rings. The van der Waals surface area contributed by atoms with E-state index in [1.54, 1.807) is 76.2 Å². The highest BCUT2D eigenvalue weighted by atomic mass is 19.2. The number of hydrogen-bond donors (Lipinski definition) is 0. The van der Waals surface area contributed by atoms with E-state index in [2.05, 4.69) is 39.8 Å². The first-order chi connectivity index (χ1) is 39.3. The SMILES string of the molecule is Cc1ccc(-c2ccc(C3CCC(C)CC3)cc2)c(F)c1F.Cc1ccc(C2CCC(C)CC2)c(F)c1F.Cc1ccc(C2CCC(C3CCC(C)CC3)CC2)c(F)c1F.Cc1ccc(C2CCC(C3CCC(C)CC3)CC2)c(F)c1F.[HH].[HH].[HH].[HH].[HH].[HH]. The Balaban J connectivity index is 0.000000394. The van der Waals surface area contributed by atoms with Gasteiger partial charge >= 0.3 is 0 Å². The molecule has 0 radical (unpaired) electrons. The standard InChI is InChI=1S/2C20H28F2.C20H22F2.C14H18F2.6H2/c3*1-13-3-6-15(7-4-13)16-8-10-17(11-9-16)18-12-5-14(2)19(21)20(18)22;1-9-3-6-11(7-4-9)12-8-5-10(2)13(15)14(12)16;;;;;;/h2*5,12-13,15-17H,3-4,6-11H2,1-2H3;5,8-13,15H,3-4,6-7H2,1-2H3;5,8-9,11H,3-4,6-7H2,1-2H3;6*1H. The molecule has 0 bridgehead atoms. The van der Waals surface area contributed by atoms with Crippen LogP contribution in [0.25, 0.3) is 11.1 Å². The van der Waals surface area contributed by atoms with Crippen LogP contribution in [-0.2, 0) is 0 Å². The Morgan fingerprint density at radius 2 is 0.500 bits per heavy atom. The molecule has 460 valence electrons. The first kappa shape index (κ1) is 63.6. The smallest absolute Gasteiger partial charge is 0.166 e. The number of halogens is 8. The third kappa shape index (κ3) is 16.1. The first-order valence-electron chi connectivity index (χ1n) is 32.2. The maximum Gasteiger partial charge on any atom is 0.166 e. The van der Waals surface area contributed by atoms with Crippen molar-refractivity contribution in [3.05, 3.63) is 164 Å². The van der Waals surface area contributed by atoms with Gasteiger partial charge in [0, 0.05) is 14.1 Å². The van der Waals surface area contributed by atoms with Crippen LogP contribution in [0.3, 0.4) is 0 Å². The molecule has 0 aliphatic heterocycles. The Morgan fingerprint density at radius 1 is 0.256 bits per heavy atom. The minimum Gasteiger partial charge on any atom is -0.203 e. The lowest BCUT2D eigenvalue weighted by molar-refractivity contribution is 0.164. The van der Waals surface area contributed by atoms with Gasteiger partial charge in [0.2, 0.25) is 0 Å². The van der Waals surface area contributed by atoms with Crippen LogP contribution in [0, 0.1) is 122 Å². The van der Waals surface area contributed by atoms with Gasteiger partial charge < -0.3 is 0 Å². The lowest BCUT2D eigenvalue weighted by Crippen LogP contribution is -2.25. The molecule has 5 aromatic carbocycles. The number of hydrogen-bond acceptors (Lipinski definition) is 0. The first-order valence-corrected chi connectivity index (χ1v) is 32.2. The molecule has 0 saturated heterocycles. The summed E-state index contributed by atoms with van der Waals surface area (Å²) in [5.41, 5.74) is 5.75. The monoisotopic (exact) mass is 1150 g/mol. The summed E-state index contributed by atoms with van der Waals surface area (Å²) >= 11 is 0. The van der Waals surface area contributed by atoms with E-state index < -0.39 is 46.5 Å². The summed E-state index contributed by atoms with van der Waals surface area (Å²) in [6.45, 7) is 15.7. The second kappa shape index (κ2) is 29.6. The van der Waals surface area contributed by atoms with Crippen molar-refractivity contribution in [1.29, 1.82) is 0 Å². The summed E-state index contributed by atoms with van der Waals surface area (Å²) in [5, 5.41) is 0. The van der Waals surface area contributed by atoms with E-state index in [4.69, 9.17) is 0 Å². The second-order valence-electron chi connectivity index (χ2n) is 27.2. The van der Waals surface area contributed by atoms with Crippen molar-refractivity contribution in [3.63, 3.8) is 0 Å². The average molecular weight is 1150 g/mol. The summed E-state index contributed by atoms with van der Waals surface area (Å²) < 4.78 is 111. The Labute approximate surface area is 497 Å². The van der Waals surface area contributed by atoms with Gasteiger partial charge in [0.25, 0.3) is 0 Å². The molecule has 0 atom stereocenters. The minimum atomic E-state index is -0.751. The van der Waals surface area contributed by atoms with Gasteiger partial charge in [-0.2, -0.15) is 0 Å². The molecule has 8 heteroatoms. The molecule has 0 N–H and O–H groups in total. The fourth-order valence-corrected chi connectivity index (χ4v) is 15.2. The Hall–Kier alpha value is -4.46. The molecular formula is C74H108F8. The summed E-state index contributed by atoms with van der Waals surface area (Å²) in [7, 11) is 0. The van der Waals surface area contributed by atoms with E-state index in [-0.39, 0.29) is 26.3 Å². The number of aryl methyl sites for hydroxylation is 4. The van der Waals surface area contributed by atoms with E-state index in [0.717, 1.165) is 104 Å². The van der Waals surface area contributed by atoms with E-state index in [0.29, 0.717) is 50.4 Å². The molecule has 82 heavy (non-hydrogen) atoms. The lowest BCUT2D eigenvalue weighted by Gasteiger charge is -2.37. The van der Waals surface area contributed by atoms with Crippen LogP contribution in [0.4, 0.5) is 35.1 Å². The average Bonchev–Trinajstić information content (AvgIpc) is 2.37. The highest BCUT2D eigenvalue weighted by Gasteiger charge is 2.34. The molecule has 6 saturated carbocycles. The van der Waals surface area contributed by atoms with E-state index in [9.17, 15) is 35.1 Å². The Bertz CT molecular complexity index is 2740. The van der Waals surface area contributed by atoms with Gasteiger partial charge in [0.05, 0.1) is 0 Å². The zero-order valence-corrected chi connectivity index (χ0v) is 50.9. The molecule has 6 aliphatic carbocycles. The normalized spacial score (nSPS) is 28.5. The van der Waals surface area contributed by atoms with Gasteiger partial charge in [0.1, 0.15) is 0 Å². The zero-order valence-electron chi connectivity index (χ0n) is 50.9. The fraction of sp³-hybridized carbons (Fsp3) is 0.595. The van der Waals surface area contributed by atoms with Crippen molar-refractivity contribution in [2.45, 2.75) is 233 Å². The summed E-state index contributed by atoms with van der Waals surface area (Å²) in [6.07, 6.45) is 29.1. The fourth-order valence-electron chi connectivity index (χ4n) is 15.2. The maximum absolute atomic E-state index is 14.2. The predicted octanol–water partition coefficient (Wildman–Crippen LogP) is 25.0. The van der Waals surface area contributed by atoms with Crippen LogP contribution < -0.4 is 0 Å².